The van der Waals surface area contributed by atoms with Crippen LogP contribution in [0.1, 0.15) is 57.4 Å². The molecule has 0 fully saturated rings. The number of carbonyl (C=O) groups is 1. The molecular formula is C16H25NO. The smallest absolute Gasteiger partial charge is 0.224 e. The third-order valence-electron chi connectivity index (χ3n) is 3.06. The Bertz CT molecular complexity index is 360. The minimum Gasteiger partial charge on any atom is -0.326 e. The molecule has 1 aromatic rings. The molecule has 0 radical (unpaired) electrons. The summed E-state index contributed by atoms with van der Waals surface area (Å²) in [5, 5.41) is 2.95. The van der Waals surface area contributed by atoms with Crippen molar-refractivity contribution in [2.24, 2.45) is 0 Å². The Morgan fingerprint density at radius 1 is 1.11 bits per heavy atom. The van der Waals surface area contributed by atoms with Gasteiger partial charge in [-0.2, -0.15) is 0 Å². The molecule has 2 nitrogen and oxygen atoms in total. The second-order valence-corrected chi connectivity index (χ2v) is 4.94. The first-order chi connectivity index (χ1) is 8.72. The first-order valence-corrected chi connectivity index (χ1v) is 7.09. The normalized spacial score (nSPS) is 10.3. The van der Waals surface area contributed by atoms with Crippen LogP contribution in [0, 0.1) is 6.92 Å². The van der Waals surface area contributed by atoms with E-state index in [0.29, 0.717) is 6.42 Å². The Kier molecular flexibility index (Phi) is 7.16. The number of anilines is 1. The number of benzene rings is 1. The summed E-state index contributed by atoms with van der Waals surface area (Å²) >= 11 is 0. The molecule has 2 heteroatoms. The van der Waals surface area contributed by atoms with Crippen molar-refractivity contribution in [1.29, 1.82) is 0 Å². The van der Waals surface area contributed by atoms with Crippen molar-refractivity contribution in [3.05, 3.63) is 29.8 Å². The van der Waals surface area contributed by atoms with E-state index in [1.165, 1.54) is 37.7 Å². The maximum atomic E-state index is 11.7. The van der Waals surface area contributed by atoms with Gasteiger partial charge in [0.1, 0.15) is 0 Å². The molecule has 0 heterocycles. The molecule has 0 saturated heterocycles. The van der Waals surface area contributed by atoms with Gasteiger partial charge in [0, 0.05) is 12.1 Å². The van der Waals surface area contributed by atoms with Gasteiger partial charge in [-0.25, -0.2) is 0 Å². The van der Waals surface area contributed by atoms with E-state index >= 15 is 0 Å². The molecule has 1 N–H and O–H groups in total. The summed E-state index contributed by atoms with van der Waals surface area (Å²) in [6.07, 6.45) is 7.95. The van der Waals surface area contributed by atoms with Crippen LogP contribution in [0.5, 0.6) is 0 Å². The van der Waals surface area contributed by atoms with Crippen LogP contribution in [0.25, 0.3) is 0 Å². The van der Waals surface area contributed by atoms with E-state index in [9.17, 15) is 4.79 Å². The van der Waals surface area contributed by atoms with Gasteiger partial charge in [-0.3, -0.25) is 4.79 Å². The van der Waals surface area contributed by atoms with E-state index < -0.39 is 0 Å². The van der Waals surface area contributed by atoms with Gasteiger partial charge in [0.05, 0.1) is 0 Å². The molecule has 0 bridgehead atoms. The highest BCUT2D eigenvalue weighted by atomic mass is 16.1. The number of rotatable bonds is 8. The van der Waals surface area contributed by atoms with Crippen LogP contribution in [0.3, 0.4) is 0 Å². The number of hydrogen-bond acceptors (Lipinski definition) is 1. The fourth-order valence-electron chi connectivity index (χ4n) is 2.01. The summed E-state index contributed by atoms with van der Waals surface area (Å²) < 4.78 is 0. The topological polar surface area (TPSA) is 29.1 Å². The van der Waals surface area contributed by atoms with Crippen molar-refractivity contribution in [2.45, 2.75) is 58.8 Å². The van der Waals surface area contributed by atoms with Crippen LogP contribution < -0.4 is 5.32 Å². The highest BCUT2D eigenvalue weighted by Crippen LogP contribution is 2.11. The van der Waals surface area contributed by atoms with E-state index in [0.717, 1.165) is 12.1 Å². The second kappa shape index (κ2) is 8.73. The highest BCUT2D eigenvalue weighted by Gasteiger charge is 2.02. The van der Waals surface area contributed by atoms with Crippen LogP contribution in [-0.4, -0.2) is 5.91 Å². The lowest BCUT2D eigenvalue weighted by atomic mass is 10.1. The Morgan fingerprint density at radius 2 is 1.83 bits per heavy atom. The summed E-state index contributed by atoms with van der Waals surface area (Å²) in [6.45, 7) is 4.25. The van der Waals surface area contributed by atoms with Gasteiger partial charge in [-0.05, 0) is 31.0 Å². The van der Waals surface area contributed by atoms with Crippen LogP contribution in [0.4, 0.5) is 5.69 Å². The average molecular weight is 247 g/mol. The molecule has 0 aliphatic heterocycles. The van der Waals surface area contributed by atoms with E-state index in [2.05, 4.69) is 12.2 Å². The van der Waals surface area contributed by atoms with E-state index in [1.807, 2.05) is 31.2 Å². The molecule has 0 saturated carbocycles. The van der Waals surface area contributed by atoms with Crippen molar-refractivity contribution in [3.8, 4) is 0 Å². The standard InChI is InChI=1S/C16H25NO/c1-3-4-5-6-7-8-12-16(18)17-15-11-9-10-14(2)13-15/h9-11,13H,3-8,12H2,1-2H3,(H,17,18). The molecule has 100 valence electrons. The number of hydrogen-bond donors (Lipinski definition) is 1. The maximum Gasteiger partial charge on any atom is 0.224 e. The molecule has 0 atom stereocenters. The van der Waals surface area contributed by atoms with Crippen molar-refractivity contribution in [3.63, 3.8) is 0 Å². The second-order valence-electron chi connectivity index (χ2n) is 4.94. The zero-order valence-corrected chi connectivity index (χ0v) is 11.7. The van der Waals surface area contributed by atoms with Crippen molar-refractivity contribution < 1.29 is 4.79 Å². The van der Waals surface area contributed by atoms with Crippen molar-refractivity contribution >= 4 is 11.6 Å². The Hall–Kier alpha value is -1.31. The molecule has 18 heavy (non-hydrogen) atoms. The summed E-state index contributed by atoms with van der Waals surface area (Å²) in [7, 11) is 0. The van der Waals surface area contributed by atoms with Crippen LogP contribution in [0.2, 0.25) is 0 Å². The maximum absolute atomic E-state index is 11.7. The van der Waals surface area contributed by atoms with Crippen LogP contribution >= 0.6 is 0 Å². The molecule has 0 unspecified atom stereocenters. The fourth-order valence-corrected chi connectivity index (χ4v) is 2.01. The molecule has 1 aromatic carbocycles. The molecule has 0 aromatic heterocycles. The predicted octanol–water partition coefficient (Wildman–Crippen LogP) is 4.68. The Balaban J connectivity index is 2.14. The Labute approximate surface area is 111 Å². The van der Waals surface area contributed by atoms with Gasteiger partial charge in [0.25, 0.3) is 0 Å². The summed E-state index contributed by atoms with van der Waals surface area (Å²) in [6, 6.07) is 7.93. The number of nitrogens with one attached hydrogen (secondary N) is 1. The largest absolute Gasteiger partial charge is 0.326 e. The monoisotopic (exact) mass is 247 g/mol. The van der Waals surface area contributed by atoms with Gasteiger partial charge in [0.15, 0.2) is 0 Å². The quantitative estimate of drug-likeness (QED) is 0.664. The number of amides is 1. The molecule has 0 aliphatic rings. The van der Waals surface area contributed by atoms with Crippen LogP contribution in [0.15, 0.2) is 24.3 Å². The number of aryl methyl sites for hydroxylation is 1. The first kappa shape index (κ1) is 14.7. The van der Waals surface area contributed by atoms with Gasteiger partial charge in [0.2, 0.25) is 5.91 Å². The van der Waals surface area contributed by atoms with Gasteiger partial charge in [-0.1, -0.05) is 51.2 Å². The Morgan fingerprint density at radius 3 is 2.56 bits per heavy atom. The number of unbranched alkanes of at least 4 members (excludes halogenated alkanes) is 5. The third kappa shape index (κ3) is 6.43. The van der Waals surface area contributed by atoms with Gasteiger partial charge >= 0.3 is 0 Å². The molecule has 0 aliphatic carbocycles. The van der Waals surface area contributed by atoms with Gasteiger partial charge < -0.3 is 5.32 Å². The minimum atomic E-state index is 0.135. The third-order valence-corrected chi connectivity index (χ3v) is 3.06. The van der Waals surface area contributed by atoms with E-state index in [-0.39, 0.29) is 5.91 Å². The lowest BCUT2D eigenvalue weighted by Gasteiger charge is -2.06. The summed E-state index contributed by atoms with van der Waals surface area (Å²) in [5.74, 6) is 0.135. The molecule has 1 rings (SSSR count). The van der Waals surface area contributed by atoms with Crippen molar-refractivity contribution in [1.82, 2.24) is 0 Å². The van der Waals surface area contributed by atoms with Gasteiger partial charge in [-0.15, -0.1) is 0 Å². The fraction of sp³-hybridized carbons (Fsp3) is 0.562. The van der Waals surface area contributed by atoms with E-state index in [4.69, 9.17) is 0 Å². The molecular weight excluding hydrogens is 222 g/mol. The summed E-state index contributed by atoms with van der Waals surface area (Å²) in [4.78, 5) is 11.7. The lowest BCUT2D eigenvalue weighted by Crippen LogP contribution is -2.11. The summed E-state index contributed by atoms with van der Waals surface area (Å²) in [5.41, 5.74) is 2.08. The zero-order chi connectivity index (χ0) is 13.2. The average Bonchev–Trinajstić information content (AvgIpc) is 2.33. The minimum absolute atomic E-state index is 0.135. The number of carbonyl (C=O) groups excluding carboxylic acids is 1. The molecule has 0 spiro atoms. The SMILES string of the molecule is CCCCCCCCC(=O)Nc1cccc(C)c1. The first-order valence-electron chi connectivity index (χ1n) is 7.09. The van der Waals surface area contributed by atoms with E-state index in [1.54, 1.807) is 0 Å². The lowest BCUT2D eigenvalue weighted by molar-refractivity contribution is -0.116. The van der Waals surface area contributed by atoms with Crippen LogP contribution in [-0.2, 0) is 4.79 Å². The molecule has 1 amide bonds. The highest BCUT2D eigenvalue weighted by molar-refractivity contribution is 5.90. The van der Waals surface area contributed by atoms with Crippen molar-refractivity contribution in [2.75, 3.05) is 5.32 Å². The zero-order valence-electron chi connectivity index (χ0n) is 11.7. The predicted molar refractivity (Wildman–Crippen MR) is 77.8 cm³/mol.